The number of amides is 1. The lowest BCUT2D eigenvalue weighted by Gasteiger charge is -2.13. The van der Waals surface area contributed by atoms with Gasteiger partial charge in [-0.05, 0) is 75.3 Å². The number of hydrogen-bond acceptors (Lipinski definition) is 6. The molecule has 4 aromatic rings. The van der Waals surface area contributed by atoms with Crippen LogP contribution in [-0.2, 0) is 0 Å². The quantitative estimate of drug-likeness (QED) is 0.472. The maximum Gasteiger partial charge on any atom is 0.266 e. The van der Waals surface area contributed by atoms with Gasteiger partial charge < -0.3 is 14.8 Å². The van der Waals surface area contributed by atoms with Crippen LogP contribution >= 0.6 is 12.2 Å². The van der Waals surface area contributed by atoms with E-state index in [1.165, 1.54) is 4.57 Å². The number of aromatic nitrogens is 4. The molecule has 4 rings (SSSR count). The summed E-state index contributed by atoms with van der Waals surface area (Å²) in [5.74, 6) is 0.486. The zero-order valence-electron chi connectivity index (χ0n) is 17.5. The van der Waals surface area contributed by atoms with Crippen molar-refractivity contribution in [3.05, 3.63) is 79.9 Å². The van der Waals surface area contributed by atoms with Gasteiger partial charge in [0.25, 0.3) is 11.5 Å². The van der Waals surface area contributed by atoms with Crippen molar-refractivity contribution < 1.29 is 9.32 Å². The van der Waals surface area contributed by atoms with Crippen LogP contribution in [0.3, 0.4) is 0 Å². The number of H-pyrrole nitrogens is 1. The smallest absolute Gasteiger partial charge is 0.266 e. The minimum absolute atomic E-state index is 0.242. The fourth-order valence-corrected chi connectivity index (χ4v) is 3.68. The molecule has 1 amide bonds. The lowest BCUT2D eigenvalue weighted by molar-refractivity contribution is 0.0932. The maximum atomic E-state index is 13.2. The Labute approximate surface area is 182 Å². The molecule has 2 aromatic heterocycles. The first-order valence-corrected chi connectivity index (χ1v) is 10.1. The van der Waals surface area contributed by atoms with Gasteiger partial charge in [-0.15, -0.1) is 0 Å². The van der Waals surface area contributed by atoms with Crippen molar-refractivity contribution in [1.29, 1.82) is 0 Å². The highest BCUT2D eigenvalue weighted by molar-refractivity contribution is 7.71. The third kappa shape index (κ3) is 3.79. The lowest BCUT2D eigenvalue weighted by Crippen LogP contribution is -2.27. The normalized spacial score (nSPS) is 12.1. The van der Waals surface area contributed by atoms with E-state index in [0.29, 0.717) is 28.2 Å². The van der Waals surface area contributed by atoms with E-state index in [-0.39, 0.29) is 16.2 Å². The molecule has 0 radical (unpaired) electrons. The van der Waals surface area contributed by atoms with Crippen LogP contribution in [0.4, 0.5) is 0 Å². The van der Waals surface area contributed by atoms with Crippen LogP contribution in [0.25, 0.3) is 16.6 Å². The Morgan fingerprint density at radius 1 is 1.23 bits per heavy atom. The monoisotopic (exact) mass is 435 g/mol. The molecule has 0 aliphatic heterocycles. The molecule has 0 spiro atoms. The van der Waals surface area contributed by atoms with Crippen molar-refractivity contribution in [3.8, 4) is 5.69 Å². The molecule has 0 aliphatic carbocycles. The molecule has 0 fully saturated rings. The number of carbonyl (C=O) groups excluding carboxylic acids is 1. The number of hydrogen-bond donors (Lipinski definition) is 2. The summed E-state index contributed by atoms with van der Waals surface area (Å²) < 4.78 is 6.85. The Bertz CT molecular complexity index is 1430. The Morgan fingerprint density at radius 3 is 2.71 bits per heavy atom. The number of benzene rings is 2. The fourth-order valence-electron chi connectivity index (χ4n) is 3.39. The van der Waals surface area contributed by atoms with Crippen LogP contribution in [0, 0.1) is 25.5 Å². The third-order valence-corrected chi connectivity index (χ3v) is 5.52. The summed E-state index contributed by atoms with van der Waals surface area (Å²) in [7, 11) is 0. The molecular formula is C22H21N5O3S. The summed E-state index contributed by atoms with van der Waals surface area (Å²) in [6.45, 7) is 7.40. The zero-order chi connectivity index (χ0) is 22.3. The number of aromatic amines is 1. The molecule has 2 heterocycles. The number of nitrogens with zero attached hydrogens (tertiary/aromatic N) is 3. The average Bonchev–Trinajstić information content (AvgIpc) is 3.17. The molecule has 0 aliphatic rings. The molecule has 1 atom stereocenters. The standard InChI is InChI=1S/C22H21N5O3S/c1-11-6-5-7-18(12(11)2)27-21(29)16-9-8-15(10-17(16)25-22(27)31)19(28)23-13(3)20-24-14(4)26-30-20/h5-10,13H,1-4H3,(H,23,28)(H,25,31). The first kappa shape index (κ1) is 20.7. The largest absolute Gasteiger partial charge is 0.341 e. The van der Waals surface area contributed by atoms with Crippen molar-refractivity contribution in [2.24, 2.45) is 0 Å². The van der Waals surface area contributed by atoms with E-state index < -0.39 is 6.04 Å². The average molecular weight is 436 g/mol. The Balaban J connectivity index is 1.72. The van der Waals surface area contributed by atoms with E-state index in [0.717, 1.165) is 16.8 Å². The second-order valence-electron chi connectivity index (χ2n) is 7.43. The third-order valence-electron chi connectivity index (χ3n) is 5.24. The fraction of sp³-hybridized carbons (Fsp3) is 0.227. The van der Waals surface area contributed by atoms with Gasteiger partial charge >= 0.3 is 0 Å². The van der Waals surface area contributed by atoms with Gasteiger partial charge in [-0.2, -0.15) is 4.98 Å². The second-order valence-corrected chi connectivity index (χ2v) is 7.81. The van der Waals surface area contributed by atoms with Gasteiger partial charge in [-0.3, -0.25) is 14.2 Å². The number of rotatable bonds is 4. The first-order valence-electron chi connectivity index (χ1n) is 9.73. The van der Waals surface area contributed by atoms with E-state index in [9.17, 15) is 9.59 Å². The Morgan fingerprint density at radius 2 is 2.00 bits per heavy atom. The minimum atomic E-state index is -0.458. The SMILES string of the molecule is Cc1noc(C(C)NC(=O)c2ccc3c(=O)n(-c4cccc(C)c4C)c(=S)[nH]c3c2)n1. The highest BCUT2D eigenvalue weighted by Crippen LogP contribution is 2.19. The van der Waals surface area contributed by atoms with Gasteiger partial charge in [0.2, 0.25) is 5.89 Å². The Kier molecular flexibility index (Phi) is 5.28. The molecule has 9 heteroatoms. The number of fused-ring (bicyclic) bond motifs is 1. The van der Waals surface area contributed by atoms with Gasteiger partial charge in [0.05, 0.1) is 16.6 Å². The molecule has 8 nitrogen and oxygen atoms in total. The van der Waals surface area contributed by atoms with E-state index in [1.54, 1.807) is 32.0 Å². The topological polar surface area (TPSA) is 106 Å². The van der Waals surface area contributed by atoms with Gasteiger partial charge in [0.1, 0.15) is 6.04 Å². The summed E-state index contributed by atoms with van der Waals surface area (Å²) in [6, 6.07) is 10.1. The number of aryl methyl sites for hydroxylation is 2. The second kappa shape index (κ2) is 7.92. The molecular weight excluding hydrogens is 414 g/mol. The van der Waals surface area contributed by atoms with Crippen molar-refractivity contribution in [3.63, 3.8) is 0 Å². The van der Waals surface area contributed by atoms with E-state index in [2.05, 4.69) is 20.4 Å². The summed E-state index contributed by atoms with van der Waals surface area (Å²) >= 11 is 5.48. The van der Waals surface area contributed by atoms with E-state index in [1.807, 2.05) is 32.0 Å². The molecule has 31 heavy (non-hydrogen) atoms. The zero-order valence-corrected chi connectivity index (χ0v) is 18.3. The highest BCUT2D eigenvalue weighted by Gasteiger charge is 2.18. The molecule has 0 bridgehead atoms. The van der Waals surface area contributed by atoms with Crippen molar-refractivity contribution in [2.75, 3.05) is 0 Å². The van der Waals surface area contributed by atoms with E-state index >= 15 is 0 Å². The molecule has 0 saturated carbocycles. The molecule has 158 valence electrons. The maximum absolute atomic E-state index is 13.2. The van der Waals surface area contributed by atoms with Crippen LogP contribution in [0.15, 0.2) is 45.7 Å². The van der Waals surface area contributed by atoms with Crippen molar-refractivity contribution >= 4 is 29.0 Å². The number of nitrogens with one attached hydrogen (secondary N) is 2. The van der Waals surface area contributed by atoms with E-state index in [4.69, 9.17) is 16.7 Å². The van der Waals surface area contributed by atoms with Crippen LogP contribution in [-0.4, -0.2) is 25.6 Å². The van der Waals surface area contributed by atoms with Gasteiger partial charge in [0, 0.05) is 5.56 Å². The molecule has 2 N–H and O–H groups in total. The minimum Gasteiger partial charge on any atom is -0.341 e. The summed E-state index contributed by atoms with van der Waals surface area (Å²) in [5, 5.41) is 6.98. The van der Waals surface area contributed by atoms with Crippen molar-refractivity contribution in [2.45, 2.75) is 33.7 Å². The molecule has 2 aromatic carbocycles. The summed E-state index contributed by atoms with van der Waals surface area (Å²) in [4.78, 5) is 33.1. The first-order chi connectivity index (χ1) is 14.8. The summed E-state index contributed by atoms with van der Waals surface area (Å²) in [5.41, 5.74) is 3.41. The summed E-state index contributed by atoms with van der Waals surface area (Å²) in [6.07, 6.45) is 0. The Hall–Kier alpha value is -3.59. The number of carbonyl (C=O) groups is 1. The predicted octanol–water partition coefficient (Wildman–Crippen LogP) is 3.85. The predicted molar refractivity (Wildman–Crippen MR) is 119 cm³/mol. The van der Waals surface area contributed by atoms with Gasteiger partial charge in [-0.1, -0.05) is 17.3 Å². The lowest BCUT2D eigenvalue weighted by atomic mass is 10.1. The molecule has 1 unspecified atom stereocenters. The molecule has 0 saturated heterocycles. The van der Waals surface area contributed by atoms with Gasteiger partial charge in [0.15, 0.2) is 10.6 Å². The van der Waals surface area contributed by atoms with Crippen LogP contribution in [0.5, 0.6) is 0 Å². The van der Waals surface area contributed by atoms with Crippen LogP contribution in [0.1, 0.15) is 46.2 Å². The van der Waals surface area contributed by atoms with Crippen LogP contribution in [0.2, 0.25) is 0 Å². The van der Waals surface area contributed by atoms with Crippen molar-refractivity contribution in [1.82, 2.24) is 25.0 Å². The van der Waals surface area contributed by atoms with Crippen LogP contribution < -0.4 is 10.9 Å². The van der Waals surface area contributed by atoms with Gasteiger partial charge in [-0.25, -0.2) is 0 Å². The highest BCUT2D eigenvalue weighted by atomic mass is 32.1.